The van der Waals surface area contributed by atoms with Crippen LogP contribution >= 0.6 is 0 Å². The maximum atomic E-state index is 11.7. The molecule has 2 N–H and O–H groups in total. The Kier molecular flexibility index (Phi) is 5.39. The van der Waals surface area contributed by atoms with Crippen molar-refractivity contribution in [2.45, 2.75) is 39.5 Å². The van der Waals surface area contributed by atoms with Crippen LogP contribution in [0.25, 0.3) is 0 Å². The molecule has 1 heterocycles. The predicted octanol–water partition coefficient (Wildman–Crippen LogP) is 3.06. The number of aromatic nitrogens is 2. The van der Waals surface area contributed by atoms with Gasteiger partial charge in [0, 0.05) is 37.6 Å². The van der Waals surface area contributed by atoms with Crippen LogP contribution in [-0.4, -0.2) is 21.5 Å². The smallest absolute Gasteiger partial charge is 0.412 e. The highest BCUT2D eigenvalue weighted by Crippen LogP contribution is 2.13. The molecule has 1 aromatic carbocycles. The Morgan fingerprint density at radius 2 is 1.83 bits per heavy atom. The third-order valence-electron chi connectivity index (χ3n) is 3.02. The molecule has 0 saturated heterocycles. The minimum Gasteiger partial charge on any atom is -0.444 e. The molecule has 0 atom stereocenters. The van der Waals surface area contributed by atoms with Crippen molar-refractivity contribution in [1.82, 2.24) is 15.1 Å². The molecular formula is C17H24N4O2. The number of ether oxygens (including phenoxy) is 1. The monoisotopic (exact) mass is 316 g/mol. The standard InChI is InChI=1S/C17H24N4O2/c1-17(2,3)23-16(22)20-15-7-5-13(6-8-15)9-18-10-14-11-19-21(4)12-14/h5-8,11-12,18H,9-10H2,1-4H3,(H,20,22). The van der Waals surface area contributed by atoms with E-state index in [1.165, 1.54) is 0 Å². The molecule has 0 aliphatic carbocycles. The first-order valence-electron chi connectivity index (χ1n) is 7.59. The van der Waals surface area contributed by atoms with Crippen molar-refractivity contribution in [1.29, 1.82) is 0 Å². The largest absolute Gasteiger partial charge is 0.444 e. The summed E-state index contributed by atoms with van der Waals surface area (Å²) < 4.78 is 7.00. The number of hydrogen-bond acceptors (Lipinski definition) is 4. The van der Waals surface area contributed by atoms with Crippen molar-refractivity contribution in [2.24, 2.45) is 7.05 Å². The molecular weight excluding hydrogens is 292 g/mol. The van der Waals surface area contributed by atoms with Gasteiger partial charge in [-0.3, -0.25) is 10.00 Å². The van der Waals surface area contributed by atoms with Crippen LogP contribution in [0, 0.1) is 0 Å². The average Bonchev–Trinajstić information content (AvgIpc) is 2.84. The number of rotatable bonds is 5. The van der Waals surface area contributed by atoms with Crippen LogP contribution in [0.5, 0.6) is 0 Å². The lowest BCUT2D eigenvalue weighted by molar-refractivity contribution is 0.0636. The van der Waals surface area contributed by atoms with Gasteiger partial charge in [-0.15, -0.1) is 0 Å². The molecule has 0 spiro atoms. The van der Waals surface area contributed by atoms with Gasteiger partial charge in [-0.25, -0.2) is 4.79 Å². The molecule has 2 aromatic rings. The van der Waals surface area contributed by atoms with Gasteiger partial charge in [0.2, 0.25) is 0 Å². The molecule has 1 amide bonds. The first-order chi connectivity index (χ1) is 10.8. The molecule has 0 aliphatic rings. The molecule has 0 fully saturated rings. The van der Waals surface area contributed by atoms with Gasteiger partial charge in [0.1, 0.15) is 5.60 Å². The minimum atomic E-state index is -0.500. The molecule has 0 aliphatic heterocycles. The first-order valence-corrected chi connectivity index (χ1v) is 7.59. The van der Waals surface area contributed by atoms with E-state index in [2.05, 4.69) is 15.7 Å². The number of aryl methyl sites for hydroxylation is 1. The van der Waals surface area contributed by atoms with Gasteiger partial charge in [0.05, 0.1) is 6.20 Å². The first kappa shape index (κ1) is 17.0. The van der Waals surface area contributed by atoms with Gasteiger partial charge >= 0.3 is 6.09 Å². The zero-order valence-electron chi connectivity index (χ0n) is 14.1. The summed E-state index contributed by atoms with van der Waals surface area (Å²) >= 11 is 0. The van der Waals surface area contributed by atoms with Crippen molar-refractivity contribution in [2.75, 3.05) is 5.32 Å². The lowest BCUT2D eigenvalue weighted by atomic mass is 10.2. The molecule has 6 heteroatoms. The average molecular weight is 316 g/mol. The quantitative estimate of drug-likeness (QED) is 0.889. The number of nitrogens with one attached hydrogen (secondary N) is 2. The Bertz CT molecular complexity index is 641. The number of carbonyl (C=O) groups is 1. The van der Waals surface area contributed by atoms with Crippen LogP contribution in [0.2, 0.25) is 0 Å². The van der Waals surface area contributed by atoms with E-state index in [1.807, 2.05) is 64.5 Å². The second kappa shape index (κ2) is 7.28. The fourth-order valence-corrected chi connectivity index (χ4v) is 2.04. The predicted molar refractivity (Wildman–Crippen MR) is 90.1 cm³/mol. The summed E-state index contributed by atoms with van der Waals surface area (Å²) in [7, 11) is 1.90. The van der Waals surface area contributed by atoms with Crippen LogP contribution in [0.3, 0.4) is 0 Å². The normalized spacial score (nSPS) is 11.3. The van der Waals surface area contributed by atoms with Crippen LogP contribution in [-0.2, 0) is 24.9 Å². The van der Waals surface area contributed by atoms with Crippen molar-refractivity contribution in [3.63, 3.8) is 0 Å². The Morgan fingerprint density at radius 1 is 1.17 bits per heavy atom. The molecule has 0 radical (unpaired) electrons. The Morgan fingerprint density at radius 3 is 2.39 bits per heavy atom. The fraction of sp³-hybridized carbons (Fsp3) is 0.412. The zero-order valence-corrected chi connectivity index (χ0v) is 14.1. The van der Waals surface area contributed by atoms with Gasteiger partial charge in [0.25, 0.3) is 0 Å². The molecule has 6 nitrogen and oxygen atoms in total. The van der Waals surface area contributed by atoms with E-state index < -0.39 is 11.7 Å². The van der Waals surface area contributed by atoms with E-state index in [-0.39, 0.29) is 0 Å². The summed E-state index contributed by atoms with van der Waals surface area (Å²) in [6.07, 6.45) is 3.39. The van der Waals surface area contributed by atoms with Gasteiger partial charge < -0.3 is 10.1 Å². The number of carbonyl (C=O) groups excluding carboxylic acids is 1. The van der Waals surface area contributed by atoms with Gasteiger partial charge in [-0.2, -0.15) is 5.10 Å². The molecule has 1 aromatic heterocycles. The summed E-state index contributed by atoms with van der Waals surface area (Å²) in [6.45, 7) is 7.03. The van der Waals surface area contributed by atoms with Gasteiger partial charge in [0.15, 0.2) is 0 Å². The summed E-state index contributed by atoms with van der Waals surface area (Å²) in [5.74, 6) is 0. The van der Waals surface area contributed by atoms with E-state index in [0.29, 0.717) is 0 Å². The number of amides is 1. The van der Waals surface area contributed by atoms with Crippen molar-refractivity contribution < 1.29 is 9.53 Å². The zero-order chi connectivity index (χ0) is 16.9. The molecule has 0 unspecified atom stereocenters. The van der Waals surface area contributed by atoms with Crippen LogP contribution < -0.4 is 10.6 Å². The van der Waals surface area contributed by atoms with Gasteiger partial charge in [-0.05, 0) is 38.5 Å². The maximum Gasteiger partial charge on any atom is 0.412 e. The molecule has 0 bridgehead atoms. The maximum absolute atomic E-state index is 11.7. The Labute approximate surface area is 136 Å². The number of nitrogens with zero attached hydrogens (tertiary/aromatic N) is 2. The molecule has 2 rings (SSSR count). The van der Waals surface area contributed by atoms with E-state index in [4.69, 9.17) is 4.74 Å². The minimum absolute atomic E-state index is 0.444. The summed E-state index contributed by atoms with van der Waals surface area (Å²) in [5, 5.41) is 10.2. The number of hydrogen-bond donors (Lipinski definition) is 2. The third kappa shape index (κ3) is 6.12. The van der Waals surface area contributed by atoms with Crippen LogP contribution in [0.4, 0.5) is 10.5 Å². The fourth-order valence-electron chi connectivity index (χ4n) is 2.04. The highest BCUT2D eigenvalue weighted by Gasteiger charge is 2.15. The van der Waals surface area contributed by atoms with Crippen molar-refractivity contribution >= 4 is 11.8 Å². The summed E-state index contributed by atoms with van der Waals surface area (Å²) in [6, 6.07) is 7.68. The highest BCUT2D eigenvalue weighted by atomic mass is 16.6. The van der Waals surface area contributed by atoms with Crippen molar-refractivity contribution in [3.8, 4) is 0 Å². The molecule has 23 heavy (non-hydrogen) atoms. The Balaban J connectivity index is 1.79. The number of benzene rings is 1. The van der Waals surface area contributed by atoms with Gasteiger partial charge in [-0.1, -0.05) is 12.1 Å². The third-order valence-corrected chi connectivity index (χ3v) is 3.02. The van der Waals surface area contributed by atoms with E-state index in [0.717, 1.165) is 29.9 Å². The Hall–Kier alpha value is -2.34. The van der Waals surface area contributed by atoms with Crippen LogP contribution in [0.15, 0.2) is 36.7 Å². The summed E-state index contributed by atoms with van der Waals surface area (Å²) in [5.41, 5.74) is 2.51. The molecule has 124 valence electrons. The second-order valence-corrected chi connectivity index (χ2v) is 6.45. The second-order valence-electron chi connectivity index (χ2n) is 6.45. The van der Waals surface area contributed by atoms with Crippen molar-refractivity contribution in [3.05, 3.63) is 47.8 Å². The SMILES string of the molecule is Cn1cc(CNCc2ccc(NC(=O)OC(C)(C)C)cc2)cn1. The molecule has 0 saturated carbocycles. The van der Waals surface area contributed by atoms with Crippen LogP contribution in [0.1, 0.15) is 31.9 Å². The lowest BCUT2D eigenvalue weighted by Crippen LogP contribution is -2.27. The number of anilines is 1. The van der Waals surface area contributed by atoms with E-state index in [1.54, 1.807) is 4.68 Å². The topological polar surface area (TPSA) is 68.2 Å². The van der Waals surface area contributed by atoms with E-state index in [9.17, 15) is 4.79 Å². The summed E-state index contributed by atoms with van der Waals surface area (Å²) in [4.78, 5) is 11.7. The van der Waals surface area contributed by atoms with E-state index >= 15 is 0 Å². The highest BCUT2D eigenvalue weighted by molar-refractivity contribution is 5.84. The lowest BCUT2D eigenvalue weighted by Gasteiger charge is -2.19.